The van der Waals surface area contributed by atoms with Gasteiger partial charge in [0.2, 0.25) is 17.7 Å². The Bertz CT molecular complexity index is 1370. The molecule has 3 aromatic rings. The first-order chi connectivity index (χ1) is 21.0. The minimum atomic E-state index is -0.469. The van der Waals surface area contributed by atoms with E-state index in [1.807, 2.05) is 48.5 Å². The van der Waals surface area contributed by atoms with Crippen LogP contribution in [-0.4, -0.2) is 92.3 Å². The van der Waals surface area contributed by atoms with Gasteiger partial charge in [-0.25, -0.2) is 4.98 Å². The largest absolute Gasteiger partial charge is 0.457 e. The Morgan fingerprint density at radius 1 is 1.05 bits per heavy atom. The number of amides is 3. The van der Waals surface area contributed by atoms with Crippen LogP contribution in [0.15, 0.2) is 61.2 Å². The number of likely N-dealkylation sites (tertiary alicyclic amines) is 1. The number of rotatable bonds is 6. The van der Waals surface area contributed by atoms with Crippen molar-refractivity contribution < 1.29 is 29.0 Å². The van der Waals surface area contributed by atoms with Crippen molar-refractivity contribution in [3.8, 4) is 11.5 Å². The normalized spacial score (nSPS) is 19.9. The average molecular weight is 591 g/mol. The maximum Gasteiger partial charge on any atom is 0.239 e. The van der Waals surface area contributed by atoms with Crippen molar-refractivity contribution in [2.24, 2.45) is 0 Å². The number of hydrogen-bond donors (Lipinski definition) is 2. The molecule has 1 aromatic heterocycles. The third kappa shape index (κ3) is 8.62. The molecule has 2 aromatic carbocycles. The number of carbonyl (C=O) groups excluding carboxylic acids is 3. The number of piperidine rings is 1. The number of aliphatic hydroxyl groups is 1. The van der Waals surface area contributed by atoms with Gasteiger partial charge in [-0.15, -0.1) is 0 Å². The third-order valence-electron chi connectivity index (χ3n) is 7.69. The smallest absolute Gasteiger partial charge is 0.239 e. The number of aromatic nitrogens is 3. The zero-order valence-corrected chi connectivity index (χ0v) is 24.1. The predicted octanol–water partition coefficient (Wildman–Crippen LogP) is 1.92. The molecule has 228 valence electrons. The highest BCUT2D eigenvalue weighted by Gasteiger charge is 2.33. The number of carbonyl (C=O) groups is 3. The first-order valence-corrected chi connectivity index (χ1v) is 14.7. The van der Waals surface area contributed by atoms with E-state index in [1.165, 1.54) is 11.2 Å². The van der Waals surface area contributed by atoms with Gasteiger partial charge in [-0.05, 0) is 54.7 Å². The summed E-state index contributed by atoms with van der Waals surface area (Å²) in [5.41, 5.74) is 1.90. The second-order valence-corrected chi connectivity index (χ2v) is 10.8. The van der Waals surface area contributed by atoms with Crippen molar-refractivity contribution in [1.29, 1.82) is 0 Å². The van der Waals surface area contributed by atoms with Crippen LogP contribution in [0.3, 0.4) is 0 Å². The van der Waals surface area contributed by atoms with E-state index in [-0.39, 0.29) is 62.9 Å². The molecule has 3 amide bonds. The third-order valence-corrected chi connectivity index (χ3v) is 7.69. The summed E-state index contributed by atoms with van der Waals surface area (Å²) in [5, 5.41) is 16.5. The molecule has 3 aliphatic rings. The monoisotopic (exact) mass is 590 g/mol. The van der Waals surface area contributed by atoms with Gasteiger partial charge in [0.15, 0.2) is 0 Å². The van der Waals surface area contributed by atoms with Gasteiger partial charge in [-0.3, -0.25) is 19.1 Å². The number of benzene rings is 2. The molecule has 1 fully saturated rings. The zero-order valence-electron chi connectivity index (χ0n) is 24.1. The Morgan fingerprint density at radius 2 is 1.91 bits per heavy atom. The number of hydrogen-bond acceptors (Lipinski definition) is 8. The SMILES string of the molecule is O=C1CN(CCCO)C(=O)CCc2ccc(cc2)Oc2cccc(c2)CO[C@H]2CCN(C(=O)CCn3cncn3)C[C@@H]2N1. The number of aryl methyl sites for hydroxylation is 2. The lowest BCUT2D eigenvalue weighted by atomic mass is 10.0. The summed E-state index contributed by atoms with van der Waals surface area (Å²) < 4.78 is 14.0. The molecule has 0 radical (unpaired) electrons. The fourth-order valence-electron chi connectivity index (χ4n) is 5.36. The predicted molar refractivity (Wildman–Crippen MR) is 156 cm³/mol. The van der Waals surface area contributed by atoms with Crippen LogP contribution in [0.5, 0.6) is 11.5 Å². The minimum Gasteiger partial charge on any atom is -0.457 e. The van der Waals surface area contributed by atoms with Crippen molar-refractivity contribution in [2.75, 3.05) is 32.8 Å². The number of ether oxygens (including phenoxy) is 2. The summed E-state index contributed by atoms with van der Waals surface area (Å²) in [6.45, 7) is 1.53. The van der Waals surface area contributed by atoms with Crippen LogP contribution >= 0.6 is 0 Å². The van der Waals surface area contributed by atoms with Gasteiger partial charge in [-0.2, -0.15) is 5.10 Å². The van der Waals surface area contributed by atoms with Gasteiger partial charge in [0, 0.05) is 39.1 Å². The van der Waals surface area contributed by atoms with Crippen LogP contribution in [0.4, 0.5) is 0 Å². The number of nitrogens with zero attached hydrogens (tertiary/aromatic N) is 5. The highest BCUT2D eigenvalue weighted by molar-refractivity contribution is 5.85. The molecular formula is C31H38N6O6. The molecule has 3 aliphatic heterocycles. The van der Waals surface area contributed by atoms with E-state index in [0.29, 0.717) is 50.5 Å². The van der Waals surface area contributed by atoms with Crippen molar-refractivity contribution in [1.82, 2.24) is 29.9 Å². The lowest BCUT2D eigenvalue weighted by Gasteiger charge is -2.39. The highest BCUT2D eigenvalue weighted by Crippen LogP contribution is 2.25. The van der Waals surface area contributed by atoms with E-state index >= 15 is 0 Å². The average Bonchev–Trinajstić information content (AvgIpc) is 3.54. The molecule has 0 unspecified atom stereocenters. The molecule has 2 atom stereocenters. The Labute approximate surface area is 250 Å². The molecule has 0 spiro atoms. The Morgan fingerprint density at radius 3 is 2.70 bits per heavy atom. The van der Waals surface area contributed by atoms with Crippen molar-refractivity contribution in [2.45, 2.75) is 57.4 Å². The zero-order chi connectivity index (χ0) is 30.0. The van der Waals surface area contributed by atoms with Gasteiger partial charge in [0.25, 0.3) is 0 Å². The minimum absolute atomic E-state index is 0.0461. The summed E-state index contributed by atoms with van der Waals surface area (Å²) in [6.07, 6.45) is 4.55. The topological polar surface area (TPSA) is 139 Å². The van der Waals surface area contributed by atoms with E-state index in [2.05, 4.69) is 15.4 Å². The van der Waals surface area contributed by atoms with Crippen molar-refractivity contribution in [3.63, 3.8) is 0 Å². The summed E-state index contributed by atoms with van der Waals surface area (Å²) in [5.74, 6) is 0.819. The molecule has 2 N–H and O–H groups in total. The Balaban J connectivity index is 1.33. The summed E-state index contributed by atoms with van der Waals surface area (Å²) >= 11 is 0. The molecule has 12 nitrogen and oxygen atoms in total. The Hall–Kier alpha value is -4.29. The van der Waals surface area contributed by atoms with Crippen LogP contribution < -0.4 is 10.1 Å². The first kappa shape index (κ1) is 30.2. The van der Waals surface area contributed by atoms with E-state index < -0.39 is 6.04 Å². The second-order valence-electron chi connectivity index (χ2n) is 10.8. The van der Waals surface area contributed by atoms with E-state index in [0.717, 1.165) is 11.1 Å². The molecule has 43 heavy (non-hydrogen) atoms. The first-order valence-electron chi connectivity index (χ1n) is 14.7. The van der Waals surface area contributed by atoms with Gasteiger partial charge >= 0.3 is 0 Å². The standard InChI is InChI=1S/C31H38N6O6/c38-16-2-13-35-19-29(39)34-27-18-36(31(41)12-15-37-22-32-21-33-37)14-11-28(27)42-20-24-3-1-4-26(17-24)43-25-8-5-23(6-9-25)7-10-30(35)40/h1,3-6,8-9,17,21-22,27-28,38H,2,7,10-16,18-20H2,(H,34,39)/t27-,28-/m0/s1. The number of aliphatic hydroxyl groups excluding tert-OH is 1. The Kier molecular flexibility index (Phi) is 10.3. The molecule has 1 saturated heterocycles. The van der Waals surface area contributed by atoms with E-state index in [1.54, 1.807) is 15.9 Å². The van der Waals surface area contributed by atoms with Crippen LogP contribution in [0.2, 0.25) is 0 Å². The van der Waals surface area contributed by atoms with Crippen LogP contribution in [0, 0.1) is 0 Å². The van der Waals surface area contributed by atoms with Crippen molar-refractivity contribution >= 4 is 17.7 Å². The molecule has 6 rings (SSSR count). The summed E-state index contributed by atoms with van der Waals surface area (Å²) in [7, 11) is 0. The van der Waals surface area contributed by atoms with E-state index in [4.69, 9.17) is 9.47 Å². The fourth-order valence-corrected chi connectivity index (χ4v) is 5.36. The van der Waals surface area contributed by atoms with Gasteiger partial charge < -0.3 is 29.7 Å². The molecule has 4 bridgehead atoms. The second kappa shape index (κ2) is 14.7. The van der Waals surface area contributed by atoms with Gasteiger partial charge in [0.1, 0.15) is 24.2 Å². The van der Waals surface area contributed by atoms with Gasteiger partial charge in [0.05, 0.1) is 31.8 Å². The van der Waals surface area contributed by atoms with Crippen molar-refractivity contribution in [3.05, 3.63) is 72.3 Å². The van der Waals surface area contributed by atoms with E-state index in [9.17, 15) is 19.5 Å². The maximum atomic E-state index is 13.3. The molecular weight excluding hydrogens is 552 g/mol. The quantitative estimate of drug-likeness (QED) is 0.444. The fraction of sp³-hybridized carbons (Fsp3) is 0.452. The lowest BCUT2D eigenvalue weighted by Crippen LogP contribution is -2.58. The number of nitrogens with one attached hydrogen (secondary N) is 1. The maximum absolute atomic E-state index is 13.3. The highest BCUT2D eigenvalue weighted by atomic mass is 16.5. The summed E-state index contributed by atoms with van der Waals surface area (Å²) in [6, 6.07) is 14.8. The molecule has 0 saturated carbocycles. The van der Waals surface area contributed by atoms with Crippen LogP contribution in [0.1, 0.15) is 36.8 Å². The molecule has 0 aliphatic carbocycles. The van der Waals surface area contributed by atoms with Crippen LogP contribution in [0.25, 0.3) is 0 Å². The number of fused-ring (bicyclic) bond motifs is 9. The molecule has 4 heterocycles. The van der Waals surface area contributed by atoms with Gasteiger partial charge in [-0.1, -0.05) is 24.3 Å². The molecule has 12 heteroatoms. The lowest BCUT2D eigenvalue weighted by molar-refractivity contribution is -0.139. The van der Waals surface area contributed by atoms with Crippen LogP contribution in [-0.2, 0) is 38.7 Å². The summed E-state index contributed by atoms with van der Waals surface area (Å²) in [4.78, 5) is 46.7.